The van der Waals surface area contributed by atoms with Crippen molar-refractivity contribution in [2.24, 2.45) is 5.73 Å². The highest BCUT2D eigenvalue weighted by molar-refractivity contribution is 5.85. The third-order valence-electron chi connectivity index (χ3n) is 2.40. The molecule has 1 aromatic carbocycles. The fraction of sp³-hybridized carbons (Fsp3) is 0.200. The van der Waals surface area contributed by atoms with Gasteiger partial charge < -0.3 is 11.5 Å². The number of amides is 1. The molecule has 1 atom stereocenters. The number of nitrogen functional groups attached to an aromatic ring is 1. The number of hydrogen-bond donors (Lipinski definition) is 2. The van der Waals surface area contributed by atoms with E-state index in [1.54, 1.807) is 29.9 Å². The molecule has 0 saturated heterocycles. The number of nitrogens with two attached hydrogens (primary N) is 2. The second-order valence-electron chi connectivity index (χ2n) is 3.49. The minimum Gasteiger partial charge on any atom is -0.399 e. The summed E-state index contributed by atoms with van der Waals surface area (Å²) < 4.78 is 1.58. The van der Waals surface area contributed by atoms with Crippen LogP contribution in [0.25, 0.3) is 10.9 Å². The number of aromatic nitrogens is 2. The highest BCUT2D eigenvalue weighted by Gasteiger charge is 2.14. The van der Waals surface area contributed by atoms with Gasteiger partial charge in [-0.15, -0.1) is 0 Å². The Bertz CT molecular complexity index is 517. The minimum absolute atomic E-state index is 0.414. The maximum Gasteiger partial charge on any atom is 0.242 e. The van der Waals surface area contributed by atoms with Gasteiger partial charge >= 0.3 is 0 Å². The Labute approximate surface area is 86.7 Å². The van der Waals surface area contributed by atoms with Crippen LogP contribution in [0.15, 0.2) is 24.4 Å². The van der Waals surface area contributed by atoms with Gasteiger partial charge in [0.05, 0.1) is 11.7 Å². The lowest BCUT2D eigenvalue weighted by atomic mass is 10.2. The van der Waals surface area contributed by atoms with Crippen molar-refractivity contribution < 1.29 is 4.79 Å². The van der Waals surface area contributed by atoms with Gasteiger partial charge in [-0.3, -0.25) is 9.48 Å². The normalized spacial score (nSPS) is 12.9. The predicted octanol–water partition coefficient (Wildman–Crippen LogP) is 0.665. The first-order chi connectivity index (χ1) is 7.09. The molecular weight excluding hydrogens is 192 g/mol. The first kappa shape index (κ1) is 9.51. The summed E-state index contributed by atoms with van der Waals surface area (Å²) in [6, 6.07) is 4.97. The standard InChI is InChI=1S/C10H12N4O/c1-6(10(12)15)14-9-4-8(11)3-2-7(9)5-13-14/h2-6H,11H2,1H3,(H2,12,15). The van der Waals surface area contributed by atoms with E-state index in [1.807, 2.05) is 6.07 Å². The van der Waals surface area contributed by atoms with Crippen molar-refractivity contribution in [2.45, 2.75) is 13.0 Å². The molecule has 1 aromatic heterocycles. The van der Waals surface area contributed by atoms with E-state index in [0.29, 0.717) is 5.69 Å². The molecule has 0 spiro atoms. The first-order valence-corrected chi connectivity index (χ1v) is 4.61. The summed E-state index contributed by atoms with van der Waals surface area (Å²) in [4.78, 5) is 11.1. The Morgan fingerprint density at radius 2 is 2.27 bits per heavy atom. The molecule has 0 saturated carbocycles. The molecule has 0 aliphatic rings. The predicted molar refractivity (Wildman–Crippen MR) is 58.1 cm³/mol. The van der Waals surface area contributed by atoms with Gasteiger partial charge in [0.15, 0.2) is 0 Å². The Hall–Kier alpha value is -2.04. The molecule has 15 heavy (non-hydrogen) atoms. The van der Waals surface area contributed by atoms with Crippen LogP contribution in [-0.2, 0) is 4.79 Å². The van der Waals surface area contributed by atoms with Crippen molar-refractivity contribution in [2.75, 3.05) is 5.73 Å². The molecule has 5 nitrogen and oxygen atoms in total. The van der Waals surface area contributed by atoms with Crippen LogP contribution >= 0.6 is 0 Å². The summed E-state index contributed by atoms with van der Waals surface area (Å²) in [5.74, 6) is -0.414. The van der Waals surface area contributed by atoms with E-state index in [-0.39, 0.29) is 0 Å². The van der Waals surface area contributed by atoms with Crippen LogP contribution in [-0.4, -0.2) is 15.7 Å². The number of benzene rings is 1. The number of primary amides is 1. The Balaban J connectivity index is 2.61. The molecule has 0 radical (unpaired) electrons. The molecule has 2 rings (SSSR count). The largest absolute Gasteiger partial charge is 0.399 e. The van der Waals surface area contributed by atoms with E-state index >= 15 is 0 Å². The van der Waals surface area contributed by atoms with Crippen molar-refractivity contribution in [3.8, 4) is 0 Å². The maximum absolute atomic E-state index is 11.1. The van der Waals surface area contributed by atoms with Gasteiger partial charge in [-0.2, -0.15) is 5.10 Å². The van der Waals surface area contributed by atoms with Gasteiger partial charge in [0.25, 0.3) is 0 Å². The van der Waals surface area contributed by atoms with Crippen molar-refractivity contribution in [3.63, 3.8) is 0 Å². The van der Waals surface area contributed by atoms with Crippen LogP contribution in [0.2, 0.25) is 0 Å². The van der Waals surface area contributed by atoms with Crippen molar-refractivity contribution in [3.05, 3.63) is 24.4 Å². The number of anilines is 1. The SMILES string of the molecule is CC(C(N)=O)n1ncc2ccc(N)cc21. The third-order valence-corrected chi connectivity index (χ3v) is 2.40. The summed E-state index contributed by atoms with van der Waals surface area (Å²) in [6.07, 6.45) is 1.69. The number of nitrogens with zero attached hydrogens (tertiary/aromatic N) is 2. The highest BCUT2D eigenvalue weighted by atomic mass is 16.1. The average molecular weight is 204 g/mol. The van der Waals surface area contributed by atoms with Crippen LogP contribution in [0.3, 0.4) is 0 Å². The van der Waals surface area contributed by atoms with Crippen molar-refractivity contribution in [1.29, 1.82) is 0 Å². The fourth-order valence-corrected chi connectivity index (χ4v) is 1.48. The smallest absolute Gasteiger partial charge is 0.242 e. The first-order valence-electron chi connectivity index (χ1n) is 4.61. The molecule has 1 amide bonds. The second kappa shape index (κ2) is 3.27. The summed E-state index contributed by atoms with van der Waals surface area (Å²) in [7, 11) is 0. The van der Waals surface area contributed by atoms with Gasteiger partial charge in [0.1, 0.15) is 6.04 Å². The molecule has 0 aliphatic heterocycles. The van der Waals surface area contributed by atoms with Gasteiger partial charge in [0, 0.05) is 11.1 Å². The van der Waals surface area contributed by atoms with Crippen LogP contribution in [0.4, 0.5) is 5.69 Å². The molecule has 2 aromatic rings. The summed E-state index contributed by atoms with van der Waals surface area (Å²) in [5.41, 5.74) is 12.4. The molecule has 4 N–H and O–H groups in total. The minimum atomic E-state index is -0.468. The zero-order valence-corrected chi connectivity index (χ0v) is 8.34. The quantitative estimate of drug-likeness (QED) is 0.704. The zero-order valence-electron chi connectivity index (χ0n) is 8.34. The van der Waals surface area contributed by atoms with E-state index in [0.717, 1.165) is 10.9 Å². The van der Waals surface area contributed by atoms with Crippen LogP contribution in [0, 0.1) is 0 Å². The highest BCUT2D eigenvalue weighted by Crippen LogP contribution is 2.20. The molecule has 0 fully saturated rings. The molecule has 0 aliphatic carbocycles. The fourth-order valence-electron chi connectivity index (χ4n) is 1.48. The zero-order chi connectivity index (χ0) is 11.0. The molecule has 0 bridgehead atoms. The van der Waals surface area contributed by atoms with E-state index in [4.69, 9.17) is 11.5 Å². The van der Waals surface area contributed by atoms with Gasteiger partial charge in [0.2, 0.25) is 5.91 Å². The molecular formula is C10H12N4O. The average Bonchev–Trinajstić information content (AvgIpc) is 2.59. The summed E-state index contributed by atoms with van der Waals surface area (Å²) >= 11 is 0. The third kappa shape index (κ3) is 1.52. The molecule has 1 unspecified atom stereocenters. The van der Waals surface area contributed by atoms with Crippen LogP contribution < -0.4 is 11.5 Å². The Morgan fingerprint density at radius 1 is 1.53 bits per heavy atom. The van der Waals surface area contributed by atoms with Gasteiger partial charge in [-0.25, -0.2) is 0 Å². The number of fused-ring (bicyclic) bond motifs is 1. The summed E-state index contributed by atoms with van der Waals surface area (Å²) in [6.45, 7) is 1.71. The molecule has 1 heterocycles. The topological polar surface area (TPSA) is 86.9 Å². The molecule has 5 heteroatoms. The number of hydrogen-bond acceptors (Lipinski definition) is 3. The number of carbonyl (C=O) groups is 1. The second-order valence-corrected chi connectivity index (χ2v) is 3.49. The Kier molecular flexibility index (Phi) is 2.07. The van der Waals surface area contributed by atoms with E-state index in [1.165, 1.54) is 0 Å². The Morgan fingerprint density at radius 3 is 2.93 bits per heavy atom. The van der Waals surface area contributed by atoms with Crippen molar-refractivity contribution in [1.82, 2.24) is 9.78 Å². The van der Waals surface area contributed by atoms with E-state index in [9.17, 15) is 4.79 Å². The van der Waals surface area contributed by atoms with E-state index < -0.39 is 11.9 Å². The lowest BCUT2D eigenvalue weighted by Crippen LogP contribution is -2.24. The lowest BCUT2D eigenvalue weighted by Gasteiger charge is -2.09. The molecule has 78 valence electrons. The van der Waals surface area contributed by atoms with Crippen LogP contribution in [0.1, 0.15) is 13.0 Å². The summed E-state index contributed by atoms with van der Waals surface area (Å²) in [5, 5.41) is 5.06. The number of carbonyl (C=O) groups excluding carboxylic acids is 1. The lowest BCUT2D eigenvalue weighted by molar-refractivity contribution is -0.120. The van der Waals surface area contributed by atoms with Crippen LogP contribution in [0.5, 0.6) is 0 Å². The number of rotatable bonds is 2. The maximum atomic E-state index is 11.1. The van der Waals surface area contributed by atoms with E-state index in [2.05, 4.69) is 5.10 Å². The van der Waals surface area contributed by atoms with Gasteiger partial charge in [-0.05, 0) is 25.1 Å². The van der Waals surface area contributed by atoms with Crippen molar-refractivity contribution >= 4 is 22.5 Å². The van der Waals surface area contributed by atoms with Gasteiger partial charge in [-0.1, -0.05) is 0 Å². The monoisotopic (exact) mass is 204 g/mol.